The monoisotopic (exact) mass is 388 g/mol. The van der Waals surface area contributed by atoms with Crippen LogP contribution in [-0.2, 0) is 6.54 Å². The van der Waals surface area contributed by atoms with Gasteiger partial charge in [-0.25, -0.2) is 4.79 Å². The van der Waals surface area contributed by atoms with E-state index in [2.05, 4.69) is 21.1 Å². The van der Waals surface area contributed by atoms with Crippen molar-refractivity contribution < 1.29 is 14.0 Å². The lowest BCUT2D eigenvalue weighted by atomic mass is 10.1. The molecule has 7 heteroatoms. The number of nitrogens with zero attached hydrogens (tertiary/aromatic N) is 2. The number of rotatable bonds is 3. The summed E-state index contributed by atoms with van der Waals surface area (Å²) in [7, 11) is 0. The molecule has 122 valence electrons. The van der Waals surface area contributed by atoms with E-state index in [0.717, 1.165) is 15.6 Å². The summed E-state index contributed by atoms with van der Waals surface area (Å²) in [6.45, 7) is 1.35. The molecule has 0 bridgehead atoms. The zero-order valence-electron chi connectivity index (χ0n) is 12.6. The normalized spacial score (nSPS) is 13.0. The van der Waals surface area contributed by atoms with Gasteiger partial charge in [-0.2, -0.15) is 0 Å². The summed E-state index contributed by atoms with van der Waals surface area (Å²) in [5, 5.41) is 3.90. The zero-order chi connectivity index (χ0) is 16.5. The van der Waals surface area contributed by atoms with Crippen molar-refractivity contribution >= 4 is 15.9 Å². The van der Waals surface area contributed by atoms with Crippen LogP contribution in [0.5, 0.6) is 11.5 Å². The summed E-state index contributed by atoms with van der Waals surface area (Å²) in [4.78, 5) is 12.1. The van der Waals surface area contributed by atoms with Crippen LogP contribution in [0.15, 0.2) is 56.3 Å². The summed E-state index contributed by atoms with van der Waals surface area (Å²) >= 11 is 3.52. The first-order chi connectivity index (χ1) is 11.7. The second-order valence-electron chi connectivity index (χ2n) is 5.31. The van der Waals surface area contributed by atoms with Crippen molar-refractivity contribution in [3.63, 3.8) is 0 Å². The number of hydrogen-bond donors (Lipinski definition) is 0. The van der Waals surface area contributed by atoms with Gasteiger partial charge in [-0.05, 0) is 17.7 Å². The lowest BCUT2D eigenvalue weighted by Crippen LogP contribution is -2.18. The van der Waals surface area contributed by atoms with E-state index in [4.69, 9.17) is 14.0 Å². The Balaban J connectivity index is 1.74. The molecule has 0 spiro atoms. The molecule has 0 saturated carbocycles. The van der Waals surface area contributed by atoms with E-state index < -0.39 is 5.76 Å². The third kappa shape index (κ3) is 2.71. The van der Waals surface area contributed by atoms with E-state index in [9.17, 15) is 4.79 Å². The number of halogens is 1. The fourth-order valence-corrected chi connectivity index (χ4v) is 3.05. The van der Waals surface area contributed by atoms with Crippen LogP contribution in [0.1, 0.15) is 5.56 Å². The summed E-state index contributed by atoms with van der Waals surface area (Å²) in [6.07, 6.45) is 0. The van der Waals surface area contributed by atoms with E-state index in [1.54, 1.807) is 0 Å². The van der Waals surface area contributed by atoms with Crippen molar-refractivity contribution in [1.29, 1.82) is 0 Å². The minimum Gasteiger partial charge on any atom is -0.486 e. The Bertz CT molecular complexity index is 934. The van der Waals surface area contributed by atoms with Gasteiger partial charge in [0, 0.05) is 10.0 Å². The molecule has 0 amide bonds. The van der Waals surface area contributed by atoms with E-state index in [1.807, 2.05) is 42.5 Å². The molecule has 1 aromatic heterocycles. The second kappa shape index (κ2) is 6.16. The molecule has 0 radical (unpaired) electrons. The van der Waals surface area contributed by atoms with Gasteiger partial charge in [0.25, 0.3) is 0 Å². The number of benzene rings is 2. The van der Waals surface area contributed by atoms with Gasteiger partial charge < -0.3 is 9.47 Å². The third-order valence-electron chi connectivity index (χ3n) is 3.76. The average molecular weight is 389 g/mol. The smallest absolute Gasteiger partial charge is 0.442 e. The Kier molecular flexibility index (Phi) is 3.86. The van der Waals surface area contributed by atoms with Gasteiger partial charge in [-0.15, -0.1) is 0 Å². The second-order valence-corrected chi connectivity index (χ2v) is 6.17. The Morgan fingerprint density at radius 3 is 2.54 bits per heavy atom. The quantitative estimate of drug-likeness (QED) is 0.689. The lowest BCUT2D eigenvalue weighted by Gasteiger charge is -2.20. The molecule has 0 N–H and O–H groups in total. The van der Waals surface area contributed by atoms with Gasteiger partial charge >= 0.3 is 5.76 Å². The maximum absolute atomic E-state index is 12.1. The molecular formula is C17H13BrN2O4. The highest BCUT2D eigenvalue weighted by Gasteiger charge is 2.18. The highest BCUT2D eigenvalue weighted by Crippen LogP contribution is 2.36. The fraction of sp³-hybridized carbons (Fsp3) is 0.176. The van der Waals surface area contributed by atoms with E-state index in [1.165, 1.54) is 4.57 Å². The van der Waals surface area contributed by atoms with Crippen LogP contribution >= 0.6 is 15.9 Å². The fourth-order valence-electron chi connectivity index (χ4n) is 2.60. The maximum atomic E-state index is 12.1. The van der Waals surface area contributed by atoms with Crippen LogP contribution in [-0.4, -0.2) is 22.9 Å². The Morgan fingerprint density at radius 1 is 1.08 bits per heavy atom. The molecule has 0 saturated heterocycles. The molecule has 3 aromatic rings. The molecule has 24 heavy (non-hydrogen) atoms. The van der Waals surface area contributed by atoms with Gasteiger partial charge in [0.15, 0.2) is 17.3 Å². The molecule has 0 fully saturated rings. The van der Waals surface area contributed by atoms with Gasteiger partial charge in [0.2, 0.25) is 0 Å². The predicted molar refractivity (Wildman–Crippen MR) is 90.4 cm³/mol. The van der Waals surface area contributed by atoms with E-state index in [0.29, 0.717) is 37.1 Å². The average Bonchev–Trinajstić information content (AvgIpc) is 2.97. The number of fused-ring (bicyclic) bond motifs is 1. The van der Waals surface area contributed by atoms with Gasteiger partial charge in [-0.3, -0.25) is 9.09 Å². The molecule has 2 aromatic carbocycles. The van der Waals surface area contributed by atoms with Crippen LogP contribution in [0, 0.1) is 0 Å². The van der Waals surface area contributed by atoms with Crippen LogP contribution in [0.3, 0.4) is 0 Å². The maximum Gasteiger partial charge on any atom is 0.442 e. The zero-order valence-corrected chi connectivity index (χ0v) is 14.2. The number of aromatic nitrogens is 2. The molecule has 0 atom stereocenters. The van der Waals surface area contributed by atoms with Crippen molar-refractivity contribution in [1.82, 2.24) is 9.72 Å². The summed E-state index contributed by atoms with van der Waals surface area (Å²) < 4.78 is 18.4. The number of hydrogen-bond acceptors (Lipinski definition) is 5. The molecule has 0 unspecified atom stereocenters. The highest BCUT2D eigenvalue weighted by molar-refractivity contribution is 9.10. The van der Waals surface area contributed by atoms with Crippen molar-refractivity contribution in [3.8, 4) is 22.9 Å². The van der Waals surface area contributed by atoms with Crippen LogP contribution in [0.2, 0.25) is 0 Å². The van der Waals surface area contributed by atoms with Gasteiger partial charge in [-0.1, -0.05) is 51.4 Å². The van der Waals surface area contributed by atoms with E-state index >= 15 is 0 Å². The Hall–Kier alpha value is -2.54. The predicted octanol–water partition coefficient (Wildman–Crippen LogP) is 3.09. The first kappa shape index (κ1) is 15.0. The summed E-state index contributed by atoms with van der Waals surface area (Å²) in [6, 6.07) is 13.2. The molecule has 6 nitrogen and oxygen atoms in total. The molecular weight excluding hydrogens is 376 g/mol. The van der Waals surface area contributed by atoms with Gasteiger partial charge in [0.05, 0.1) is 6.54 Å². The van der Waals surface area contributed by atoms with Crippen molar-refractivity contribution in [2.45, 2.75) is 6.54 Å². The molecule has 1 aliphatic rings. The Labute approximate surface area is 145 Å². The number of ether oxygens (including phenoxy) is 2. The van der Waals surface area contributed by atoms with E-state index in [-0.39, 0.29) is 0 Å². The third-order valence-corrected chi connectivity index (χ3v) is 4.50. The van der Waals surface area contributed by atoms with Crippen molar-refractivity contribution in [2.24, 2.45) is 0 Å². The SMILES string of the molecule is O=c1onc(-c2ccccc2)n1Cc1cc2c(cc1Br)OCCO2. The minimum absolute atomic E-state index is 0.309. The lowest BCUT2D eigenvalue weighted by molar-refractivity contribution is 0.171. The molecule has 4 rings (SSSR count). The molecule has 0 aliphatic carbocycles. The molecule has 1 aliphatic heterocycles. The first-order valence-electron chi connectivity index (χ1n) is 7.42. The van der Waals surface area contributed by atoms with Crippen LogP contribution < -0.4 is 15.2 Å². The topological polar surface area (TPSA) is 66.5 Å². The van der Waals surface area contributed by atoms with Crippen molar-refractivity contribution in [2.75, 3.05) is 13.2 Å². The standard InChI is InChI=1S/C17H13BrN2O4/c18-13-9-15-14(22-6-7-23-15)8-12(13)10-20-16(19-24-17(20)21)11-4-2-1-3-5-11/h1-5,8-9H,6-7,10H2. The largest absolute Gasteiger partial charge is 0.486 e. The summed E-state index contributed by atoms with van der Waals surface area (Å²) in [5.74, 6) is 1.35. The van der Waals surface area contributed by atoms with Crippen LogP contribution in [0.4, 0.5) is 0 Å². The van der Waals surface area contributed by atoms with Crippen LogP contribution in [0.25, 0.3) is 11.4 Å². The first-order valence-corrected chi connectivity index (χ1v) is 8.21. The van der Waals surface area contributed by atoms with Crippen molar-refractivity contribution in [3.05, 3.63) is 63.1 Å². The highest BCUT2D eigenvalue weighted by atomic mass is 79.9. The van der Waals surface area contributed by atoms with Gasteiger partial charge in [0.1, 0.15) is 13.2 Å². The Morgan fingerprint density at radius 2 is 1.79 bits per heavy atom. The molecule has 2 heterocycles. The minimum atomic E-state index is -0.504. The summed E-state index contributed by atoms with van der Waals surface area (Å²) in [5.41, 5.74) is 1.69.